The van der Waals surface area contributed by atoms with Crippen molar-refractivity contribution >= 4 is 28.5 Å². The van der Waals surface area contributed by atoms with Gasteiger partial charge in [0.05, 0.1) is 32.0 Å². The Morgan fingerprint density at radius 2 is 1.89 bits per heavy atom. The summed E-state index contributed by atoms with van der Waals surface area (Å²) in [5, 5.41) is 12.7. The first-order valence-corrected chi connectivity index (χ1v) is 9.41. The zero-order valence-corrected chi connectivity index (χ0v) is 16.3. The maximum Gasteiger partial charge on any atom is 0.356 e. The van der Waals surface area contributed by atoms with Gasteiger partial charge in [0.25, 0.3) is 5.91 Å². The van der Waals surface area contributed by atoms with E-state index in [4.69, 9.17) is 14.6 Å². The van der Waals surface area contributed by atoms with E-state index in [-0.39, 0.29) is 18.2 Å². The summed E-state index contributed by atoms with van der Waals surface area (Å²) in [7, 11) is 2.87. The van der Waals surface area contributed by atoms with Crippen LogP contribution in [-0.4, -0.2) is 82.1 Å². The molecule has 0 aliphatic carbocycles. The number of esters is 1. The maximum atomic E-state index is 12.6. The van der Waals surface area contributed by atoms with E-state index in [1.54, 1.807) is 25.3 Å². The topological polar surface area (TPSA) is 110 Å². The Morgan fingerprint density at radius 3 is 2.54 bits per heavy atom. The van der Waals surface area contributed by atoms with Crippen LogP contribution in [0.5, 0.6) is 5.75 Å². The van der Waals surface area contributed by atoms with Crippen LogP contribution in [0.2, 0.25) is 0 Å². The van der Waals surface area contributed by atoms with E-state index in [9.17, 15) is 9.59 Å². The van der Waals surface area contributed by atoms with Gasteiger partial charge in [-0.3, -0.25) is 4.79 Å². The molecule has 3 rings (SSSR count). The first kappa shape index (κ1) is 20.1. The summed E-state index contributed by atoms with van der Waals surface area (Å²) in [6, 6.07) is 5.35. The second kappa shape index (κ2) is 9.05. The molecular weight excluding hydrogens is 364 g/mol. The third-order valence-electron chi connectivity index (χ3n) is 5.20. The Kier molecular flexibility index (Phi) is 6.50. The molecule has 1 amide bonds. The average molecular weight is 392 g/mol. The molecule has 1 aliphatic heterocycles. The molecule has 5 N–H and O–H groups in total. The van der Waals surface area contributed by atoms with Gasteiger partial charge >= 0.3 is 5.97 Å². The van der Waals surface area contributed by atoms with Crippen LogP contribution >= 0.6 is 0 Å². The largest absolute Gasteiger partial charge is 0.497 e. The minimum absolute atomic E-state index is 0.150. The number of aromatic nitrogens is 1. The standard InChI is InChI=1S/C19H26N4O5/c1-27-13-3-4-14-15(11-13)20-18(19(26)28-2)17(14)21-16(25)12-23-7-5-22(6-8-23)9-10-24/h3-4,11,20,24H,5-10,12H2,1-2H3,(H,21,25)/p+2. The van der Waals surface area contributed by atoms with Gasteiger partial charge in [-0.05, 0) is 12.1 Å². The lowest BCUT2D eigenvalue weighted by molar-refractivity contribution is -1.01. The SMILES string of the molecule is COC(=O)c1[nH]c2cc(OC)ccc2c1NC(=O)C[NH+]1CC[NH+](CCO)CC1. The van der Waals surface area contributed by atoms with Crippen LogP contribution in [-0.2, 0) is 9.53 Å². The molecule has 1 aromatic heterocycles. The van der Waals surface area contributed by atoms with Gasteiger partial charge in [0, 0.05) is 11.5 Å². The zero-order valence-electron chi connectivity index (χ0n) is 16.3. The fraction of sp³-hybridized carbons (Fsp3) is 0.474. The molecule has 0 unspecified atom stereocenters. The molecule has 2 aromatic rings. The van der Waals surface area contributed by atoms with Crippen LogP contribution in [0.1, 0.15) is 10.5 Å². The van der Waals surface area contributed by atoms with Gasteiger partial charge in [-0.15, -0.1) is 0 Å². The number of hydrogen-bond donors (Lipinski definition) is 5. The summed E-state index contributed by atoms with van der Waals surface area (Å²) in [6.07, 6.45) is 0. The third-order valence-corrected chi connectivity index (χ3v) is 5.20. The number of amides is 1. The van der Waals surface area contributed by atoms with Gasteiger partial charge in [0.2, 0.25) is 0 Å². The molecule has 0 bridgehead atoms. The summed E-state index contributed by atoms with van der Waals surface area (Å²) >= 11 is 0. The van der Waals surface area contributed by atoms with E-state index < -0.39 is 5.97 Å². The fourth-order valence-electron chi connectivity index (χ4n) is 3.64. The lowest BCUT2D eigenvalue weighted by Crippen LogP contribution is -3.28. The van der Waals surface area contributed by atoms with Crippen molar-refractivity contribution in [2.75, 3.05) is 65.4 Å². The number of aliphatic hydroxyl groups is 1. The number of H-pyrrole nitrogens is 1. The first-order chi connectivity index (χ1) is 13.5. The number of ether oxygens (including phenoxy) is 2. The molecule has 9 nitrogen and oxygen atoms in total. The summed E-state index contributed by atoms with van der Waals surface area (Å²) < 4.78 is 10.1. The molecule has 28 heavy (non-hydrogen) atoms. The first-order valence-electron chi connectivity index (χ1n) is 9.41. The van der Waals surface area contributed by atoms with Crippen molar-refractivity contribution in [1.29, 1.82) is 0 Å². The Bertz CT molecular complexity index is 842. The number of fused-ring (bicyclic) bond motifs is 1. The number of rotatable bonds is 7. The smallest absolute Gasteiger partial charge is 0.356 e. The van der Waals surface area contributed by atoms with Crippen molar-refractivity contribution in [3.8, 4) is 5.75 Å². The number of aromatic amines is 1. The van der Waals surface area contributed by atoms with Gasteiger partial charge < -0.3 is 34.7 Å². The van der Waals surface area contributed by atoms with Gasteiger partial charge in [-0.1, -0.05) is 0 Å². The molecule has 0 radical (unpaired) electrons. The molecule has 152 valence electrons. The number of carbonyl (C=O) groups excluding carboxylic acids is 2. The van der Waals surface area contributed by atoms with Crippen LogP contribution in [0.3, 0.4) is 0 Å². The zero-order chi connectivity index (χ0) is 20.1. The molecule has 1 fully saturated rings. The van der Waals surface area contributed by atoms with Crippen LogP contribution in [0.4, 0.5) is 5.69 Å². The molecule has 0 atom stereocenters. The van der Waals surface area contributed by atoms with Gasteiger partial charge in [-0.25, -0.2) is 4.79 Å². The van der Waals surface area contributed by atoms with Crippen molar-refractivity contribution < 1.29 is 34.0 Å². The number of hydrogen-bond acceptors (Lipinski definition) is 5. The number of anilines is 1. The lowest BCUT2D eigenvalue weighted by Gasteiger charge is -2.28. The monoisotopic (exact) mass is 392 g/mol. The molecule has 1 saturated heterocycles. The summed E-state index contributed by atoms with van der Waals surface area (Å²) in [6.45, 7) is 4.88. The van der Waals surface area contributed by atoms with Crippen molar-refractivity contribution in [3.63, 3.8) is 0 Å². The molecule has 9 heteroatoms. The van der Waals surface area contributed by atoms with Crippen LogP contribution in [0, 0.1) is 0 Å². The number of methoxy groups -OCH3 is 2. The quantitative estimate of drug-likeness (QED) is 0.340. The van der Waals surface area contributed by atoms with Crippen LogP contribution < -0.4 is 19.9 Å². The Balaban J connectivity index is 1.73. The van der Waals surface area contributed by atoms with Crippen LogP contribution in [0.25, 0.3) is 10.9 Å². The van der Waals surface area contributed by atoms with Gasteiger partial charge in [0.15, 0.2) is 6.54 Å². The van der Waals surface area contributed by atoms with Crippen molar-refractivity contribution in [1.82, 2.24) is 4.98 Å². The fourth-order valence-corrected chi connectivity index (χ4v) is 3.64. The second-order valence-corrected chi connectivity index (χ2v) is 6.98. The predicted octanol–water partition coefficient (Wildman–Crippen LogP) is -2.32. The van der Waals surface area contributed by atoms with Gasteiger partial charge in [-0.2, -0.15) is 0 Å². The second-order valence-electron chi connectivity index (χ2n) is 6.98. The highest BCUT2D eigenvalue weighted by molar-refractivity contribution is 6.11. The number of carbonyl (C=O) groups is 2. The number of piperazine rings is 1. The summed E-state index contributed by atoms with van der Waals surface area (Å²) in [5.41, 5.74) is 1.33. The third kappa shape index (κ3) is 4.44. The highest BCUT2D eigenvalue weighted by Crippen LogP contribution is 2.30. The predicted molar refractivity (Wildman–Crippen MR) is 103 cm³/mol. The molecular formula is C19H28N4O5+2. The Labute approximate surface area is 163 Å². The van der Waals surface area contributed by atoms with E-state index in [0.29, 0.717) is 23.5 Å². The van der Waals surface area contributed by atoms with Crippen molar-refractivity contribution in [2.24, 2.45) is 0 Å². The Hall–Kier alpha value is -2.62. The Morgan fingerprint density at radius 1 is 1.18 bits per heavy atom. The molecule has 1 aromatic carbocycles. The highest BCUT2D eigenvalue weighted by atomic mass is 16.5. The number of quaternary nitrogens is 2. The van der Waals surface area contributed by atoms with Crippen molar-refractivity contribution in [2.45, 2.75) is 0 Å². The molecule has 0 spiro atoms. The minimum Gasteiger partial charge on any atom is -0.497 e. The minimum atomic E-state index is -0.543. The van der Waals surface area contributed by atoms with Crippen molar-refractivity contribution in [3.05, 3.63) is 23.9 Å². The normalized spacial score (nSPS) is 19.4. The summed E-state index contributed by atoms with van der Waals surface area (Å²) in [4.78, 5) is 30.4. The van der Waals surface area contributed by atoms with Crippen LogP contribution in [0.15, 0.2) is 18.2 Å². The van der Waals surface area contributed by atoms with E-state index in [1.165, 1.54) is 16.9 Å². The van der Waals surface area contributed by atoms with Gasteiger partial charge in [0.1, 0.15) is 44.2 Å². The summed E-state index contributed by atoms with van der Waals surface area (Å²) in [5.74, 6) is -0.0442. The maximum absolute atomic E-state index is 12.6. The van der Waals surface area contributed by atoms with E-state index in [1.807, 2.05) is 0 Å². The average Bonchev–Trinajstić information content (AvgIpc) is 3.06. The highest BCUT2D eigenvalue weighted by Gasteiger charge is 2.26. The molecule has 0 saturated carbocycles. The number of aliphatic hydroxyl groups excluding tert-OH is 1. The molecule has 2 heterocycles. The van der Waals surface area contributed by atoms with E-state index >= 15 is 0 Å². The lowest BCUT2D eigenvalue weighted by atomic mass is 10.2. The number of benzene rings is 1. The van der Waals surface area contributed by atoms with E-state index in [2.05, 4.69) is 10.3 Å². The molecule has 1 aliphatic rings. The number of nitrogens with one attached hydrogen (secondary N) is 4. The van der Waals surface area contributed by atoms with E-state index in [0.717, 1.165) is 38.1 Å².